The monoisotopic (exact) mass is 269 g/mol. The van der Waals surface area contributed by atoms with Gasteiger partial charge in [0.25, 0.3) is 5.91 Å². The number of ether oxygens (including phenoxy) is 1. The van der Waals surface area contributed by atoms with Crippen molar-refractivity contribution in [1.82, 2.24) is 5.32 Å². The molecule has 18 heavy (non-hydrogen) atoms. The number of benzene rings is 1. The molecule has 3 nitrogen and oxygen atoms in total. The zero-order valence-corrected chi connectivity index (χ0v) is 12.1. The first kappa shape index (κ1) is 14.8. The minimum atomic E-state index is -0.220. The van der Waals surface area contributed by atoms with Gasteiger partial charge in [-0.25, -0.2) is 0 Å². The smallest absolute Gasteiger partial charge is 0.251 e. The minimum Gasteiger partial charge on any atom is -0.492 e. The molecule has 1 aromatic rings. The Bertz CT molecular complexity index is 430. The van der Waals surface area contributed by atoms with Gasteiger partial charge in [0, 0.05) is 11.1 Å². The van der Waals surface area contributed by atoms with Crippen molar-refractivity contribution in [3.8, 4) is 5.75 Å². The molecule has 1 rings (SSSR count). The molecule has 0 aliphatic carbocycles. The number of hydrogen-bond donors (Lipinski definition) is 1. The predicted octanol–water partition coefficient (Wildman–Crippen LogP) is 3.66. The molecule has 0 aliphatic rings. The van der Waals surface area contributed by atoms with Gasteiger partial charge in [-0.1, -0.05) is 18.5 Å². The SMILES string of the molecule is CCOc1ccc(C(=O)NC(C)(C)CC)cc1Cl. The van der Waals surface area contributed by atoms with Gasteiger partial charge in [0.05, 0.1) is 11.6 Å². The number of rotatable bonds is 5. The molecule has 0 spiro atoms. The summed E-state index contributed by atoms with van der Waals surface area (Å²) in [5.41, 5.74) is 0.326. The van der Waals surface area contributed by atoms with Crippen molar-refractivity contribution in [3.63, 3.8) is 0 Å². The van der Waals surface area contributed by atoms with E-state index in [2.05, 4.69) is 5.32 Å². The van der Waals surface area contributed by atoms with Gasteiger partial charge in [-0.2, -0.15) is 0 Å². The van der Waals surface area contributed by atoms with Crippen molar-refractivity contribution in [2.24, 2.45) is 0 Å². The number of hydrogen-bond acceptors (Lipinski definition) is 2. The summed E-state index contributed by atoms with van der Waals surface area (Å²) in [4.78, 5) is 12.0. The van der Waals surface area contributed by atoms with Crippen LogP contribution in [0.1, 0.15) is 44.5 Å². The number of carbonyl (C=O) groups excluding carboxylic acids is 1. The lowest BCUT2D eigenvalue weighted by Crippen LogP contribution is -2.42. The quantitative estimate of drug-likeness (QED) is 0.886. The Morgan fingerprint density at radius 3 is 2.56 bits per heavy atom. The fourth-order valence-corrected chi connectivity index (χ4v) is 1.62. The maximum absolute atomic E-state index is 12.0. The lowest BCUT2D eigenvalue weighted by atomic mass is 10.0. The van der Waals surface area contributed by atoms with Crippen molar-refractivity contribution >= 4 is 17.5 Å². The van der Waals surface area contributed by atoms with E-state index < -0.39 is 0 Å². The van der Waals surface area contributed by atoms with Crippen molar-refractivity contribution in [2.45, 2.75) is 39.7 Å². The second-order valence-electron chi connectivity index (χ2n) is 4.77. The zero-order chi connectivity index (χ0) is 13.8. The molecule has 0 atom stereocenters. The first-order chi connectivity index (χ1) is 8.39. The fraction of sp³-hybridized carbons (Fsp3) is 0.500. The summed E-state index contributed by atoms with van der Waals surface area (Å²) in [6.45, 7) is 8.45. The van der Waals surface area contributed by atoms with Gasteiger partial charge in [0.15, 0.2) is 0 Å². The van der Waals surface area contributed by atoms with Crippen molar-refractivity contribution in [3.05, 3.63) is 28.8 Å². The molecule has 100 valence electrons. The van der Waals surface area contributed by atoms with Gasteiger partial charge in [0.1, 0.15) is 5.75 Å². The minimum absolute atomic E-state index is 0.119. The highest BCUT2D eigenvalue weighted by molar-refractivity contribution is 6.32. The van der Waals surface area contributed by atoms with E-state index in [1.165, 1.54) is 0 Å². The summed E-state index contributed by atoms with van der Waals surface area (Å²) in [6.07, 6.45) is 0.865. The Kier molecular flexibility index (Phi) is 5.03. The summed E-state index contributed by atoms with van der Waals surface area (Å²) in [5.74, 6) is 0.484. The van der Waals surface area contributed by atoms with Gasteiger partial charge in [-0.05, 0) is 45.4 Å². The van der Waals surface area contributed by atoms with Gasteiger partial charge < -0.3 is 10.1 Å². The van der Waals surface area contributed by atoms with Crippen LogP contribution in [-0.4, -0.2) is 18.1 Å². The molecule has 0 fully saturated rings. The third-order valence-electron chi connectivity index (χ3n) is 2.83. The Morgan fingerprint density at radius 1 is 1.39 bits per heavy atom. The van der Waals surface area contributed by atoms with Crippen LogP contribution in [0.5, 0.6) is 5.75 Å². The zero-order valence-electron chi connectivity index (χ0n) is 11.3. The lowest BCUT2D eigenvalue weighted by Gasteiger charge is -2.24. The summed E-state index contributed by atoms with van der Waals surface area (Å²) in [6, 6.07) is 5.07. The first-order valence-electron chi connectivity index (χ1n) is 6.14. The molecule has 0 bridgehead atoms. The topological polar surface area (TPSA) is 38.3 Å². The van der Waals surface area contributed by atoms with Crippen LogP contribution in [0, 0.1) is 0 Å². The summed E-state index contributed by atoms with van der Waals surface area (Å²) >= 11 is 6.05. The molecule has 1 N–H and O–H groups in total. The Balaban J connectivity index is 2.85. The molecule has 4 heteroatoms. The molecule has 1 amide bonds. The predicted molar refractivity (Wildman–Crippen MR) is 74.5 cm³/mol. The van der Waals surface area contributed by atoms with Gasteiger partial charge in [-0.3, -0.25) is 4.79 Å². The average molecular weight is 270 g/mol. The molecule has 1 aromatic carbocycles. The summed E-state index contributed by atoms with van der Waals surface area (Å²) in [7, 11) is 0. The van der Waals surface area contributed by atoms with Crippen LogP contribution < -0.4 is 10.1 Å². The van der Waals surface area contributed by atoms with Crippen molar-refractivity contribution < 1.29 is 9.53 Å². The molecule has 0 aromatic heterocycles. The molecule has 0 saturated carbocycles. The maximum Gasteiger partial charge on any atom is 0.251 e. The van der Waals surface area contributed by atoms with Crippen LogP contribution in [0.25, 0.3) is 0 Å². The first-order valence-corrected chi connectivity index (χ1v) is 6.52. The summed E-state index contributed by atoms with van der Waals surface area (Å²) in [5, 5.41) is 3.42. The third kappa shape index (κ3) is 3.91. The van der Waals surface area contributed by atoms with Gasteiger partial charge >= 0.3 is 0 Å². The molecule has 0 saturated heterocycles. The van der Waals surface area contributed by atoms with E-state index in [0.717, 1.165) is 6.42 Å². The van der Waals surface area contributed by atoms with E-state index in [1.807, 2.05) is 27.7 Å². The Labute approximate surface area is 113 Å². The molecule has 0 radical (unpaired) electrons. The number of carbonyl (C=O) groups is 1. The average Bonchev–Trinajstić information content (AvgIpc) is 2.31. The van der Waals surface area contributed by atoms with E-state index in [9.17, 15) is 4.79 Å². The number of amides is 1. The van der Waals surface area contributed by atoms with Crippen LogP contribution in [0.3, 0.4) is 0 Å². The molecular formula is C14H20ClNO2. The largest absolute Gasteiger partial charge is 0.492 e. The van der Waals surface area contributed by atoms with Gasteiger partial charge in [0.2, 0.25) is 0 Å². The van der Waals surface area contributed by atoms with Crippen LogP contribution in [0.4, 0.5) is 0 Å². The van der Waals surface area contributed by atoms with Crippen LogP contribution >= 0.6 is 11.6 Å². The highest BCUT2D eigenvalue weighted by Gasteiger charge is 2.19. The molecular weight excluding hydrogens is 250 g/mol. The van der Waals surface area contributed by atoms with E-state index in [0.29, 0.717) is 22.9 Å². The molecule has 0 heterocycles. The van der Waals surface area contributed by atoms with Gasteiger partial charge in [-0.15, -0.1) is 0 Å². The number of nitrogens with one attached hydrogen (secondary N) is 1. The van der Waals surface area contributed by atoms with Crippen molar-refractivity contribution in [2.75, 3.05) is 6.61 Å². The summed E-state index contributed by atoms with van der Waals surface area (Å²) < 4.78 is 5.33. The third-order valence-corrected chi connectivity index (χ3v) is 3.13. The highest BCUT2D eigenvalue weighted by atomic mass is 35.5. The van der Waals surface area contributed by atoms with Crippen LogP contribution in [0.2, 0.25) is 5.02 Å². The second-order valence-corrected chi connectivity index (χ2v) is 5.18. The lowest BCUT2D eigenvalue weighted by molar-refractivity contribution is 0.0911. The normalized spacial score (nSPS) is 11.2. The van der Waals surface area contributed by atoms with E-state index in [-0.39, 0.29) is 11.4 Å². The van der Waals surface area contributed by atoms with E-state index >= 15 is 0 Å². The Morgan fingerprint density at radius 2 is 2.06 bits per heavy atom. The maximum atomic E-state index is 12.0. The molecule has 0 unspecified atom stereocenters. The number of halogens is 1. The Hall–Kier alpha value is -1.22. The second kappa shape index (κ2) is 6.10. The van der Waals surface area contributed by atoms with Crippen LogP contribution in [-0.2, 0) is 0 Å². The van der Waals surface area contributed by atoms with E-state index in [1.54, 1.807) is 18.2 Å². The van der Waals surface area contributed by atoms with Crippen LogP contribution in [0.15, 0.2) is 18.2 Å². The highest BCUT2D eigenvalue weighted by Crippen LogP contribution is 2.25. The standard InChI is InChI=1S/C14H20ClNO2/c1-5-14(3,4)16-13(17)10-7-8-12(18-6-2)11(15)9-10/h7-9H,5-6H2,1-4H3,(H,16,17). The van der Waals surface area contributed by atoms with E-state index in [4.69, 9.17) is 16.3 Å². The molecule has 0 aliphatic heterocycles. The van der Waals surface area contributed by atoms with Crippen molar-refractivity contribution in [1.29, 1.82) is 0 Å². The fourth-order valence-electron chi connectivity index (χ4n) is 1.38.